The third-order valence-electron chi connectivity index (χ3n) is 3.51. The Morgan fingerprint density at radius 1 is 1.15 bits per heavy atom. The first kappa shape index (κ1) is 17.9. The van der Waals surface area contributed by atoms with Gasteiger partial charge in [0.1, 0.15) is 0 Å². The molecule has 3 rings (SSSR count). The van der Waals surface area contributed by atoms with E-state index in [0.717, 1.165) is 5.56 Å². The summed E-state index contributed by atoms with van der Waals surface area (Å²) in [4.78, 5) is 49.4. The minimum absolute atomic E-state index is 0.0169. The van der Waals surface area contributed by atoms with Crippen molar-refractivity contribution in [3.05, 3.63) is 57.6 Å². The van der Waals surface area contributed by atoms with Crippen LogP contribution in [-0.4, -0.2) is 38.9 Å². The van der Waals surface area contributed by atoms with E-state index in [1.807, 2.05) is 0 Å². The summed E-state index contributed by atoms with van der Waals surface area (Å²) >= 11 is 0. The van der Waals surface area contributed by atoms with Gasteiger partial charge in [0.25, 0.3) is 5.56 Å². The normalized spacial score (nSPS) is 10.9. The van der Waals surface area contributed by atoms with Crippen molar-refractivity contribution in [2.24, 2.45) is 0 Å². The summed E-state index contributed by atoms with van der Waals surface area (Å²) in [7, 11) is 1.32. The van der Waals surface area contributed by atoms with Crippen molar-refractivity contribution in [2.75, 3.05) is 12.4 Å². The molecule has 0 spiro atoms. The number of rotatable bonds is 4. The summed E-state index contributed by atoms with van der Waals surface area (Å²) in [5, 5.41) is 2.40. The maximum atomic E-state index is 12.1. The fraction of sp³-hybridized carbons (Fsp3) is 0.111. The third kappa shape index (κ3) is 4.21. The highest BCUT2D eigenvalue weighted by molar-refractivity contribution is 5.89. The molecule has 136 valence electrons. The highest BCUT2D eigenvalue weighted by Crippen LogP contribution is 2.11. The predicted molar refractivity (Wildman–Crippen MR) is 99.0 cm³/mol. The molecule has 27 heavy (non-hydrogen) atoms. The lowest BCUT2D eigenvalue weighted by Crippen LogP contribution is -2.17. The number of methoxy groups -OCH3 is 1. The summed E-state index contributed by atoms with van der Waals surface area (Å²) in [5.74, 6) is -0.747. The SMILES string of the molecule is COC(=O)c1ccc(/C=C/c2cnc3nc(NC(C)=O)[nH]c(=O)c3n2)cc1. The number of amides is 1. The molecule has 0 saturated heterocycles. The van der Waals surface area contributed by atoms with Crippen LogP contribution in [-0.2, 0) is 9.53 Å². The molecule has 1 aromatic carbocycles. The Hall–Kier alpha value is -3.88. The van der Waals surface area contributed by atoms with Crippen molar-refractivity contribution < 1.29 is 14.3 Å². The van der Waals surface area contributed by atoms with Crippen LogP contribution in [0.3, 0.4) is 0 Å². The van der Waals surface area contributed by atoms with Crippen LogP contribution < -0.4 is 10.9 Å². The van der Waals surface area contributed by atoms with E-state index >= 15 is 0 Å². The van der Waals surface area contributed by atoms with E-state index < -0.39 is 11.5 Å². The molecule has 9 nitrogen and oxygen atoms in total. The van der Waals surface area contributed by atoms with Gasteiger partial charge in [0, 0.05) is 6.92 Å². The summed E-state index contributed by atoms with van der Waals surface area (Å²) < 4.78 is 4.65. The molecular formula is C18H15N5O4. The predicted octanol–water partition coefficient (Wildman–Crippen LogP) is 1.63. The van der Waals surface area contributed by atoms with Gasteiger partial charge in [-0.3, -0.25) is 19.9 Å². The minimum Gasteiger partial charge on any atom is -0.465 e. The number of aromatic nitrogens is 4. The summed E-state index contributed by atoms with van der Waals surface area (Å²) in [6, 6.07) is 6.81. The second-order valence-corrected chi connectivity index (χ2v) is 5.51. The van der Waals surface area contributed by atoms with Crippen molar-refractivity contribution in [1.82, 2.24) is 19.9 Å². The molecule has 9 heteroatoms. The molecule has 2 heterocycles. The number of carbonyl (C=O) groups is 2. The van der Waals surface area contributed by atoms with E-state index in [2.05, 4.69) is 30.0 Å². The van der Waals surface area contributed by atoms with E-state index in [1.54, 1.807) is 36.4 Å². The number of hydrogen-bond acceptors (Lipinski definition) is 7. The number of H-pyrrole nitrogens is 1. The van der Waals surface area contributed by atoms with Gasteiger partial charge in [-0.15, -0.1) is 0 Å². The molecule has 2 N–H and O–H groups in total. The number of benzene rings is 1. The van der Waals surface area contributed by atoms with Crippen LogP contribution in [0.15, 0.2) is 35.3 Å². The van der Waals surface area contributed by atoms with Gasteiger partial charge in [0.15, 0.2) is 11.2 Å². The summed E-state index contributed by atoms with van der Waals surface area (Å²) in [6.07, 6.45) is 4.91. The molecule has 0 atom stereocenters. The lowest BCUT2D eigenvalue weighted by atomic mass is 10.1. The maximum absolute atomic E-state index is 12.1. The summed E-state index contributed by atoms with van der Waals surface area (Å²) in [6.45, 7) is 1.31. The molecule has 0 radical (unpaired) electrons. The minimum atomic E-state index is -0.506. The zero-order valence-corrected chi connectivity index (χ0v) is 14.5. The molecular weight excluding hydrogens is 350 g/mol. The first-order valence-electron chi connectivity index (χ1n) is 7.87. The van der Waals surface area contributed by atoms with E-state index in [4.69, 9.17) is 0 Å². The number of esters is 1. The van der Waals surface area contributed by atoms with Gasteiger partial charge >= 0.3 is 5.97 Å². The average Bonchev–Trinajstić information content (AvgIpc) is 2.66. The van der Waals surface area contributed by atoms with Crippen LogP contribution in [0.4, 0.5) is 5.95 Å². The van der Waals surface area contributed by atoms with Crippen LogP contribution in [0.1, 0.15) is 28.5 Å². The molecule has 0 aliphatic rings. The van der Waals surface area contributed by atoms with Crippen molar-refractivity contribution in [3.8, 4) is 0 Å². The molecule has 1 amide bonds. The van der Waals surface area contributed by atoms with E-state index in [9.17, 15) is 14.4 Å². The van der Waals surface area contributed by atoms with Crippen LogP contribution in [0.25, 0.3) is 23.3 Å². The Morgan fingerprint density at radius 3 is 2.56 bits per heavy atom. The summed E-state index contributed by atoms with van der Waals surface area (Å²) in [5.41, 5.74) is 1.42. The molecule has 0 aliphatic carbocycles. The number of anilines is 1. The molecule has 3 aromatic rings. The number of carbonyl (C=O) groups excluding carboxylic acids is 2. The molecule has 0 bridgehead atoms. The van der Waals surface area contributed by atoms with E-state index in [0.29, 0.717) is 11.3 Å². The van der Waals surface area contributed by atoms with E-state index in [-0.39, 0.29) is 23.0 Å². The van der Waals surface area contributed by atoms with Crippen molar-refractivity contribution in [2.45, 2.75) is 6.92 Å². The molecule has 0 fully saturated rings. The number of aromatic amines is 1. The number of hydrogen-bond donors (Lipinski definition) is 2. The number of fused-ring (bicyclic) bond motifs is 1. The first-order valence-corrected chi connectivity index (χ1v) is 7.87. The fourth-order valence-electron chi connectivity index (χ4n) is 2.27. The average molecular weight is 365 g/mol. The van der Waals surface area contributed by atoms with Crippen molar-refractivity contribution in [3.63, 3.8) is 0 Å². The first-order chi connectivity index (χ1) is 13.0. The molecule has 0 aliphatic heterocycles. The van der Waals surface area contributed by atoms with Gasteiger partial charge in [0.05, 0.1) is 24.6 Å². The van der Waals surface area contributed by atoms with Gasteiger partial charge in [-0.05, 0) is 23.8 Å². The van der Waals surface area contributed by atoms with Crippen LogP contribution in [0.5, 0.6) is 0 Å². The Labute approximate surface area is 153 Å². The molecule has 0 unspecified atom stereocenters. The van der Waals surface area contributed by atoms with Crippen molar-refractivity contribution >= 4 is 41.1 Å². The van der Waals surface area contributed by atoms with Crippen LogP contribution in [0.2, 0.25) is 0 Å². The van der Waals surface area contributed by atoms with Gasteiger partial charge < -0.3 is 4.74 Å². The molecule has 2 aromatic heterocycles. The highest BCUT2D eigenvalue weighted by Gasteiger charge is 2.08. The number of nitrogens with one attached hydrogen (secondary N) is 2. The quantitative estimate of drug-likeness (QED) is 0.673. The van der Waals surface area contributed by atoms with Crippen LogP contribution in [0, 0.1) is 0 Å². The Kier molecular flexibility index (Phi) is 5.02. The maximum Gasteiger partial charge on any atom is 0.337 e. The van der Waals surface area contributed by atoms with Gasteiger partial charge in [0.2, 0.25) is 11.9 Å². The smallest absolute Gasteiger partial charge is 0.337 e. The molecule has 0 saturated carbocycles. The Balaban J connectivity index is 1.86. The van der Waals surface area contributed by atoms with Gasteiger partial charge in [-0.2, -0.15) is 4.98 Å². The highest BCUT2D eigenvalue weighted by atomic mass is 16.5. The Bertz CT molecular complexity index is 1100. The standard InChI is InChI=1S/C18H15N5O4/c1-10(24)20-18-22-15-14(16(25)23-18)21-13(9-19-15)8-5-11-3-6-12(7-4-11)17(26)27-2/h3-9H,1-2H3,(H2,19,20,22,23,24,25)/b8-5+. The monoisotopic (exact) mass is 365 g/mol. The second-order valence-electron chi connectivity index (χ2n) is 5.51. The zero-order chi connectivity index (χ0) is 19.4. The largest absolute Gasteiger partial charge is 0.465 e. The topological polar surface area (TPSA) is 127 Å². The van der Waals surface area contributed by atoms with Crippen LogP contribution >= 0.6 is 0 Å². The zero-order valence-electron chi connectivity index (χ0n) is 14.5. The van der Waals surface area contributed by atoms with E-state index in [1.165, 1.54) is 20.2 Å². The number of nitrogens with zero attached hydrogens (tertiary/aromatic N) is 3. The number of ether oxygens (including phenoxy) is 1. The fourth-order valence-corrected chi connectivity index (χ4v) is 2.27. The second kappa shape index (κ2) is 7.56. The van der Waals surface area contributed by atoms with Crippen molar-refractivity contribution in [1.29, 1.82) is 0 Å². The lowest BCUT2D eigenvalue weighted by molar-refractivity contribution is -0.114. The lowest BCUT2D eigenvalue weighted by Gasteiger charge is -2.02. The van der Waals surface area contributed by atoms with Gasteiger partial charge in [-0.1, -0.05) is 18.2 Å². The third-order valence-corrected chi connectivity index (χ3v) is 3.51. The van der Waals surface area contributed by atoms with Gasteiger partial charge in [-0.25, -0.2) is 14.8 Å². The Morgan fingerprint density at radius 2 is 1.89 bits per heavy atom.